The number of benzene rings is 2. The van der Waals surface area contributed by atoms with E-state index in [2.05, 4.69) is 39.6 Å². The third kappa shape index (κ3) is 9.27. The number of rotatable bonds is 12. The number of esters is 4. The van der Waals surface area contributed by atoms with Crippen LogP contribution in [-0.2, 0) is 49.3 Å². The Labute approximate surface area is 266 Å². The van der Waals surface area contributed by atoms with Crippen molar-refractivity contribution in [2.45, 2.75) is 84.5 Å². The fourth-order valence-electron chi connectivity index (χ4n) is 4.88. The fraction of sp³-hybridized carbons (Fsp3) is 0.438. The maximum Gasteiger partial charge on any atom is 0.303 e. The van der Waals surface area contributed by atoms with Crippen LogP contribution < -0.4 is 0 Å². The summed E-state index contributed by atoms with van der Waals surface area (Å²) in [5.41, 5.74) is 3.78. The summed E-state index contributed by atoms with van der Waals surface area (Å²) in [6.07, 6.45) is -1.35. The molecule has 3 aromatic rings. The summed E-state index contributed by atoms with van der Waals surface area (Å²) in [6.45, 7) is 6.49. The molecule has 0 bridgehead atoms. The maximum absolute atomic E-state index is 12.1. The Balaban J connectivity index is 1.57. The lowest BCUT2D eigenvalue weighted by atomic mass is 9.97. The molecule has 4 rings (SSSR count). The SMILES string of the molecule is CCCCc1ccc(N=Nc2ccc(-c3cn([C@@H]4O[C@H](COC(C)=O)[C@@H](OC(C)=O)[C@H](OC(C)=O)[C@H]4OC(C)=O)nn3)cc2)cc1. The molecule has 5 atom stereocenters. The lowest BCUT2D eigenvalue weighted by Gasteiger charge is -2.44. The molecule has 0 spiro atoms. The van der Waals surface area contributed by atoms with Gasteiger partial charge in [-0.3, -0.25) is 19.2 Å². The summed E-state index contributed by atoms with van der Waals surface area (Å²) in [5.74, 6) is -2.77. The van der Waals surface area contributed by atoms with Gasteiger partial charge in [-0.25, -0.2) is 4.68 Å². The number of aryl methyl sites for hydroxylation is 1. The molecule has 1 fully saturated rings. The van der Waals surface area contributed by atoms with E-state index in [9.17, 15) is 19.2 Å². The van der Waals surface area contributed by atoms with Gasteiger partial charge in [0.1, 0.15) is 18.4 Å². The van der Waals surface area contributed by atoms with Gasteiger partial charge < -0.3 is 23.7 Å². The zero-order valence-corrected chi connectivity index (χ0v) is 26.3. The molecule has 0 amide bonds. The van der Waals surface area contributed by atoms with Crippen LogP contribution in [0.4, 0.5) is 11.4 Å². The van der Waals surface area contributed by atoms with E-state index in [-0.39, 0.29) is 6.61 Å². The second-order valence-electron chi connectivity index (χ2n) is 10.7. The van der Waals surface area contributed by atoms with Gasteiger partial charge >= 0.3 is 23.9 Å². The van der Waals surface area contributed by atoms with E-state index in [1.54, 1.807) is 30.5 Å². The number of nitrogens with zero attached hydrogens (tertiary/aromatic N) is 5. The molecular weight excluding hydrogens is 598 g/mol. The highest BCUT2D eigenvalue weighted by molar-refractivity contribution is 5.69. The smallest absolute Gasteiger partial charge is 0.303 e. The van der Waals surface area contributed by atoms with E-state index in [1.807, 2.05) is 12.1 Å². The van der Waals surface area contributed by atoms with Gasteiger partial charge in [0, 0.05) is 33.3 Å². The molecule has 1 aromatic heterocycles. The Bertz CT molecular complexity index is 1540. The quantitative estimate of drug-likeness (QED) is 0.150. The largest absolute Gasteiger partial charge is 0.463 e. The number of carbonyl (C=O) groups is 4. The molecule has 244 valence electrons. The molecule has 2 heterocycles. The molecule has 0 radical (unpaired) electrons. The van der Waals surface area contributed by atoms with Gasteiger partial charge in [-0.2, -0.15) is 10.2 Å². The van der Waals surface area contributed by atoms with Gasteiger partial charge in [-0.1, -0.05) is 42.8 Å². The highest BCUT2D eigenvalue weighted by Crippen LogP contribution is 2.35. The number of aromatic nitrogens is 3. The minimum atomic E-state index is -1.32. The van der Waals surface area contributed by atoms with Gasteiger partial charge in [-0.05, 0) is 42.7 Å². The van der Waals surface area contributed by atoms with Crippen molar-refractivity contribution in [3.8, 4) is 11.3 Å². The van der Waals surface area contributed by atoms with Crippen LogP contribution in [-0.4, -0.2) is 69.9 Å². The number of unbranched alkanes of at least 4 members (excludes halogenated alkanes) is 1. The van der Waals surface area contributed by atoms with Crippen LogP contribution >= 0.6 is 0 Å². The van der Waals surface area contributed by atoms with E-state index in [1.165, 1.54) is 24.1 Å². The Morgan fingerprint density at radius 3 is 1.91 bits per heavy atom. The lowest BCUT2D eigenvalue weighted by Crippen LogP contribution is -2.60. The first kappa shape index (κ1) is 33.9. The lowest BCUT2D eigenvalue weighted by molar-refractivity contribution is -0.270. The third-order valence-electron chi connectivity index (χ3n) is 6.94. The summed E-state index contributed by atoms with van der Waals surface area (Å²) in [5, 5.41) is 17.1. The first-order valence-electron chi connectivity index (χ1n) is 14.9. The summed E-state index contributed by atoms with van der Waals surface area (Å²) in [4.78, 5) is 47.8. The predicted molar refractivity (Wildman–Crippen MR) is 162 cm³/mol. The molecule has 0 aliphatic carbocycles. The molecule has 2 aromatic carbocycles. The van der Waals surface area contributed by atoms with E-state index in [4.69, 9.17) is 23.7 Å². The summed E-state index contributed by atoms with van der Waals surface area (Å²) in [7, 11) is 0. The minimum absolute atomic E-state index is 0.352. The molecule has 46 heavy (non-hydrogen) atoms. The summed E-state index contributed by atoms with van der Waals surface area (Å²) >= 11 is 0. The van der Waals surface area contributed by atoms with Crippen molar-refractivity contribution in [2.24, 2.45) is 10.2 Å². The van der Waals surface area contributed by atoms with Crippen molar-refractivity contribution in [3.05, 3.63) is 60.3 Å². The summed E-state index contributed by atoms with van der Waals surface area (Å²) in [6, 6.07) is 15.1. The van der Waals surface area contributed by atoms with E-state index in [0.717, 1.165) is 38.8 Å². The van der Waals surface area contributed by atoms with Gasteiger partial charge in [0.2, 0.25) is 0 Å². The molecular formula is C32H37N5O9. The zero-order chi connectivity index (χ0) is 33.2. The average molecular weight is 636 g/mol. The van der Waals surface area contributed by atoms with Gasteiger partial charge in [0.05, 0.1) is 17.6 Å². The normalized spacial score (nSPS) is 21.0. The van der Waals surface area contributed by atoms with E-state index in [0.29, 0.717) is 16.9 Å². The molecule has 14 heteroatoms. The van der Waals surface area contributed by atoms with Gasteiger partial charge in [0.25, 0.3) is 0 Å². The van der Waals surface area contributed by atoms with E-state index >= 15 is 0 Å². The minimum Gasteiger partial charge on any atom is -0.463 e. The van der Waals surface area contributed by atoms with Crippen molar-refractivity contribution in [1.82, 2.24) is 15.0 Å². The molecule has 1 aliphatic rings. The van der Waals surface area contributed by atoms with Crippen molar-refractivity contribution < 1.29 is 42.9 Å². The van der Waals surface area contributed by atoms with Gasteiger partial charge in [-0.15, -0.1) is 5.10 Å². The first-order valence-corrected chi connectivity index (χ1v) is 14.9. The highest BCUT2D eigenvalue weighted by Gasteiger charge is 2.53. The van der Waals surface area contributed by atoms with Crippen molar-refractivity contribution in [2.75, 3.05) is 6.61 Å². The Kier molecular flexibility index (Phi) is 11.7. The van der Waals surface area contributed by atoms with Gasteiger partial charge in [0.15, 0.2) is 24.5 Å². The Hall–Kier alpha value is -4.98. The van der Waals surface area contributed by atoms with Crippen molar-refractivity contribution in [1.29, 1.82) is 0 Å². The molecule has 0 N–H and O–H groups in total. The first-order chi connectivity index (χ1) is 22.0. The zero-order valence-electron chi connectivity index (χ0n) is 26.3. The number of carbonyl (C=O) groups excluding carboxylic acids is 4. The standard InChI is InChI=1S/C32H37N5O9/c1-6-7-8-23-9-13-25(14-10-23)33-34-26-15-11-24(12-16-26)27-17-37(36-35-27)32-31(45-22(5)41)30(44-21(4)40)29(43-20(3)39)28(46-32)18-42-19(2)38/h9-17,28-32H,6-8,18H2,1-5H3/t28-,29-,30+,31-,32-/m1/s1. The van der Waals surface area contributed by atoms with Crippen LogP contribution in [0.3, 0.4) is 0 Å². The molecule has 0 unspecified atom stereocenters. The number of hydrogen-bond acceptors (Lipinski definition) is 13. The average Bonchev–Trinajstić information content (AvgIpc) is 3.50. The molecule has 14 nitrogen and oxygen atoms in total. The molecule has 1 aliphatic heterocycles. The third-order valence-corrected chi connectivity index (χ3v) is 6.94. The second kappa shape index (κ2) is 15.8. The van der Waals surface area contributed by atoms with E-state index < -0.39 is 54.5 Å². The van der Waals surface area contributed by atoms with Crippen LogP contribution in [0.5, 0.6) is 0 Å². The Morgan fingerprint density at radius 1 is 0.783 bits per heavy atom. The molecule has 1 saturated heterocycles. The number of ether oxygens (including phenoxy) is 5. The Morgan fingerprint density at radius 2 is 1.35 bits per heavy atom. The fourth-order valence-corrected chi connectivity index (χ4v) is 4.88. The van der Waals surface area contributed by atoms with Crippen LogP contribution in [0, 0.1) is 0 Å². The molecule has 0 saturated carbocycles. The van der Waals surface area contributed by atoms with Crippen molar-refractivity contribution in [3.63, 3.8) is 0 Å². The summed E-state index contributed by atoms with van der Waals surface area (Å²) < 4.78 is 29.0. The highest BCUT2D eigenvalue weighted by atomic mass is 16.7. The topological polar surface area (TPSA) is 170 Å². The maximum atomic E-state index is 12.1. The van der Waals surface area contributed by atoms with Crippen LogP contribution in [0.15, 0.2) is 65.0 Å². The second-order valence-corrected chi connectivity index (χ2v) is 10.7. The van der Waals surface area contributed by atoms with Crippen molar-refractivity contribution >= 4 is 35.3 Å². The predicted octanol–water partition coefficient (Wildman–Crippen LogP) is 4.96. The number of hydrogen-bond donors (Lipinski definition) is 0. The van der Waals surface area contributed by atoms with Crippen LogP contribution in [0.25, 0.3) is 11.3 Å². The van der Waals surface area contributed by atoms with Crippen LogP contribution in [0.2, 0.25) is 0 Å². The monoisotopic (exact) mass is 635 g/mol. The number of azo groups is 1. The van der Waals surface area contributed by atoms with Crippen LogP contribution in [0.1, 0.15) is 59.3 Å².